The molecule has 0 bridgehead atoms. The predicted molar refractivity (Wildman–Crippen MR) is 143 cm³/mol. The number of benzene rings is 3. The molecular weight excluding hydrogens is 482 g/mol. The largest absolute Gasteiger partial charge is 0.491 e. The van der Waals surface area contributed by atoms with Gasteiger partial charge in [-0.2, -0.15) is 0 Å². The molecule has 0 aromatic heterocycles. The van der Waals surface area contributed by atoms with Gasteiger partial charge in [-0.05, 0) is 48.5 Å². The van der Waals surface area contributed by atoms with Gasteiger partial charge in [0, 0.05) is 36.0 Å². The van der Waals surface area contributed by atoms with E-state index >= 15 is 0 Å². The molecule has 3 aromatic carbocycles. The number of nitrogens with zero attached hydrogens (tertiary/aromatic N) is 2. The van der Waals surface area contributed by atoms with Crippen LogP contribution in [-0.4, -0.2) is 56.3 Å². The van der Waals surface area contributed by atoms with Crippen LogP contribution in [-0.2, 0) is 16.8 Å². The van der Waals surface area contributed by atoms with Gasteiger partial charge in [0.1, 0.15) is 17.8 Å². The summed E-state index contributed by atoms with van der Waals surface area (Å²) >= 11 is 0. The molecule has 2 amide bonds. The lowest BCUT2D eigenvalue weighted by atomic mass is 9.77. The summed E-state index contributed by atoms with van der Waals surface area (Å²) < 4.78 is 17.2. The molecule has 38 heavy (non-hydrogen) atoms. The van der Waals surface area contributed by atoms with Crippen LogP contribution in [0, 0.1) is 0 Å². The van der Waals surface area contributed by atoms with Gasteiger partial charge >= 0.3 is 0 Å². The molecule has 1 unspecified atom stereocenters. The highest BCUT2D eigenvalue weighted by Gasteiger charge is 2.57. The molecule has 1 N–H and O–H groups in total. The first-order valence-corrected chi connectivity index (χ1v) is 13.1. The van der Waals surface area contributed by atoms with Crippen LogP contribution < -0.4 is 24.4 Å². The second-order valence-corrected chi connectivity index (χ2v) is 9.78. The van der Waals surface area contributed by atoms with E-state index in [0.29, 0.717) is 35.9 Å². The molecule has 3 aromatic rings. The molecule has 8 nitrogen and oxygen atoms in total. The van der Waals surface area contributed by atoms with Crippen molar-refractivity contribution in [1.29, 1.82) is 0 Å². The molecule has 0 saturated heterocycles. The van der Waals surface area contributed by atoms with E-state index in [-0.39, 0.29) is 25.2 Å². The van der Waals surface area contributed by atoms with Crippen LogP contribution in [0.5, 0.6) is 17.2 Å². The number of rotatable bonds is 8. The first kappa shape index (κ1) is 24.3. The number of hydrogen-bond acceptors (Lipinski definition) is 6. The first-order valence-electron chi connectivity index (χ1n) is 13.1. The number of para-hydroxylation sites is 1. The van der Waals surface area contributed by atoms with E-state index in [4.69, 9.17) is 14.2 Å². The minimum atomic E-state index is -0.933. The van der Waals surface area contributed by atoms with Crippen molar-refractivity contribution in [3.8, 4) is 17.2 Å². The van der Waals surface area contributed by atoms with Gasteiger partial charge in [-0.15, -0.1) is 0 Å². The van der Waals surface area contributed by atoms with Crippen LogP contribution in [0.3, 0.4) is 0 Å². The van der Waals surface area contributed by atoms with E-state index in [1.54, 1.807) is 0 Å². The van der Waals surface area contributed by atoms with Gasteiger partial charge in [0.25, 0.3) is 5.91 Å². The Morgan fingerprint density at radius 3 is 2.45 bits per heavy atom. The third-order valence-electron chi connectivity index (χ3n) is 7.81. The average Bonchev–Trinajstić information content (AvgIpc) is 3.63. The Hall–Kier alpha value is -4.04. The zero-order valence-corrected chi connectivity index (χ0v) is 21.7. The lowest BCUT2D eigenvalue weighted by molar-refractivity contribution is -0.122. The molecule has 3 aliphatic heterocycles. The molecule has 3 heterocycles. The predicted octanol–water partition coefficient (Wildman–Crippen LogP) is 3.71. The smallest absolute Gasteiger partial charge is 0.251 e. The Balaban J connectivity index is 1.22. The summed E-state index contributed by atoms with van der Waals surface area (Å²) in [4.78, 5) is 30.9. The van der Waals surface area contributed by atoms with Crippen molar-refractivity contribution in [3.05, 3.63) is 82.9 Å². The summed E-state index contributed by atoms with van der Waals surface area (Å²) in [7, 11) is 0. The summed E-state index contributed by atoms with van der Waals surface area (Å²) in [5, 5.41) is 2.99. The van der Waals surface area contributed by atoms with Crippen molar-refractivity contribution in [1.82, 2.24) is 10.2 Å². The van der Waals surface area contributed by atoms with Crippen LogP contribution in [0.1, 0.15) is 40.9 Å². The monoisotopic (exact) mass is 513 g/mol. The number of amides is 2. The van der Waals surface area contributed by atoms with Gasteiger partial charge in [-0.3, -0.25) is 9.59 Å². The van der Waals surface area contributed by atoms with E-state index in [2.05, 4.69) is 24.1 Å². The first-order chi connectivity index (χ1) is 18.5. The minimum absolute atomic E-state index is 0.0328. The summed E-state index contributed by atoms with van der Waals surface area (Å²) in [5.41, 5.74) is 3.20. The maximum atomic E-state index is 14.2. The maximum absolute atomic E-state index is 14.2. The highest BCUT2D eigenvalue weighted by atomic mass is 16.7. The second kappa shape index (κ2) is 9.68. The molecule has 0 aliphatic carbocycles. The van der Waals surface area contributed by atoms with Gasteiger partial charge in [0.05, 0.1) is 6.54 Å². The summed E-state index contributed by atoms with van der Waals surface area (Å²) in [6.45, 7) is 8.35. The fourth-order valence-corrected chi connectivity index (χ4v) is 5.64. The fraction of sp³-hybridized carbons (Fsp3) is 0.333. The van der Waals surface area contributed by atoms with E-state index in [0.717, 1.165) is 42.0 Å². The number of nitrogens with one attached hydrogen (secondary N) is 1. The molecule has 8 heteroatoms. The van der Waals surface area contributed by atoms with Crippen molar-refractivity contribution in [2.24, 2.45) is 0 Å². The van der Waals surface area contributed by atoms with Gasteiger partial charge in [0.2, 0.25) is 12.7 Å². The zero-order chi connectivity index (χ0) is 26.3. The quantitative estimate of drug-likeness (QED) is 0.495. The molecule has 1 atom stereocenters. The van der Waals surface area contributed by atoms with Crippen molar-refractivity contribution in [3.63, 3.8) is 0 Å². The zero-order valence-electron chi connectivity index (χ0n) is 21.7. The SMILES string of the molecule is CCN(CC)CCNC(=O)c1ccc(CN2C(=O)C3(COc4cc5c(cc43)OCO5)c3ccccc32)cc1. The second-order valence-electron chi connectivity index (χ2n) is 9.78. The summed E-state index contributed by atoms with van der Waals surface area (Å²) in [5.74, 6) is 1.78. The number of carbonyl (C=O) groups is 2. The van der Waals surface area contributed by atoms with Crippen LogP contribution >= 0.6 is 0 Å². The molecule has 3 aliphatic rings. The summed E-state index contributed by atoms with van der Waals surface area (Å²) in [6.07, 6.45) is 0. The number of likely N-dealkylation sites (N-methyl/N-ethyl adjacent to an activating group) is 1. The van der Waals surface area contributed by atoms with Crippen LogP contribution in [0.2, 0.25) is 0 Å². The van der Waals surface area contributed by atoms with Crippen molar-refractivity contribution >= 4 is 17.5 Å². The standard InChI is InChI=1S/C30H31N3O5/c1-3-32(4-2)14-13-31-28(34)21-11-9-20(10-12-21)17-33-24-8-6-5-7-22(24)30(29(33)35)18-36-25-16-27-26(15-23(25)30)37-19-38-27/h5-12,15-16H,3-4,13-14,17-19H2,1-2H3,(H,31,34). The molecule has 0 fully saturated rings. The van der Waals surface area contributed by atoms with Gasteiger partial charge in [-0.25, -0.2) is 0 Å². The number of carbonyl (C=O) groups excluding carboxylic acids is 2. The Morgan fingerprint density at radius 2 is 1.68 bits per heavy atom. The topological polar surface area (TPSA) is 80.3 Å². The van der Waals surface area contributed by atoms with Crippen molar-refractivity contribution in [2.45, 2.75) is 25.8 Å². The maximum Gasteiger partial charge on any atom is 0.251 e. The van der Waals surface area contributed by atoms with Gasteiger partial charge in [0.15, 0.2) is 11.5 Å². The Bertz CT molecular complexity index is 1390. The number of fused-ring (bicyclic) bond motifs is 5. The Labute approximate surface area is 222 Å². The Morgan fingerprint density at radius 1 is 0.947 bits per heavy atom. The highest BCUT2D eigenvalue weighted by molar-refractivity contribution is 6.11. The number of anilines is 1. The number of hydrogen-bond donors (Lipinski definition) is 1. The van der Waals surface area contributed by atoms with Gasteiger partial charge in [-0.1, -0.05) is 44.2 Å². The lowest BCUT2D eigenvalue weighted by Gasteiger charge is -2.23. The minimum Gasteiger partial charge on any atom is -0.491 e. The summed E-state index contributed by atoms with van der Waals surface area (Å²) in [6, 6.07) is 19.0. The molecule has 6 rings (SSSR count). The third-order valence-corrected chi connectivity index (χ3v) is 7.81. The van der Waals surface area contributed by atoms with Crippen LogP contribution in [0.15, 0.2) is 60.7 Å². The van der Waals surface area contributed by atoms with Crippen molar-refractivity contribution < 1.29 is 23.8 Å². The van der Waals surface area contributed by atoms with Crippen molar-refractivity contribution in [2.75, 3.05) is 44.5 Å². The van der Waals surface area contributed by atoms with Gasteiger partial charge < -0.3 is 29.3 Å². The normalized spacial score (nSPS) is 18.6. The lowest BCUT2D eigenvalue weighted by Crippen LogP contribution is -2.42. The Kier molecular flexibility index (Phi) is 6.19. The van der Waals surface area contributed by atoms with E-state index < -0.39 is 5.41 Å². The van der Waals surface area contributed by atoms with E-state index in [1.807, 2.05) is 65.6 Å². The number of ether oxygens (including phenoxy) is 3. The molecule has 1 spiro atoms. The van der Waals surface area contributed by atoms with Crippen LogP contribution in [0.4, 0.5) is 5.69 Å². The van der Waals surface area contributed by atoms with E-state index in [9.17, 15) is 9.59 Å². The molecule has 0 radical (unpaired) electrons. The average molecular weight is 514 g/mol. The third kappa shape index (κ3) is 3.87. The fourth-order valence-electron chi connectivity index (χ4n) is 5.64. The van der Waals surface area contributed by atoms with Crippen LogP contribution in [0.25, 0.3) is 0 Å². The van der Waals surface area contributed by atoms with E-state index in [1.165, 1.54) is 0 Å². The highest BCUT2D eigenvalue weighted by Crippen LogP contribution is 2.55. The molecule has 196 valence electrons. The molecule has 0 saturated carbocycles. The molecular formula is C30H31N3O5.